The predicted octanol–water partition coefficient (Wildman–Crippen LogP) is 2.12. The Morgan fingerprint density at radius 1 is 1.22 bits per heavy atom. The summed E-state index contributed by atoms with van der Waals surface area (Å²) in [6.07, 6.45) is 2.58. The lowest BCUT2D eigenvalue weighted by Gasteiger charge is -2.33. The maximum Gasteiger partial charge on any atom is 0.313 e. The maximum absolute atomic E-state index is 12.5. The van der Waals surface area contributed by atoms with E-state index in [2.05, 4.69) is 6.92 Å². The Morgan fingerprint density at radius 3 is 2.56 bits per heavy atom. The van der Waals surface area contributed by atoms with Gasteiger partial charge >= 0.3 is 5.97 Å². The van der Waals surface area contributed by atoms with E-state index in [9.17, 15) is 4.79 Å². The van der Waals surface area contributed by atoms with Crippen LogP contribution in [0.4, 0.5) is 0 Å². The van der Waals surface area contributed by atoms with E-state index in [1.807, 2.05) is 13.8 Å². The van der Waals surface area contributed by atoms with Crippen LogP contribution < -0.4 is 0 Å². The smallest absolute Gasteiger partial charge is 0.313 e. The normalized spacial score (nSPS) is 43.2. The molecule has 3 rings (SSSR count). The Kier molecular flexibility index (Phi) is 2.72. The van der Waals surface area contributed by atoms with E-state index in [1.54, 1.807) is 0 Å². The van der Waals surface area contributed by atoms with Gasteiger partial charge in [-0.25, -0.2) is 0 Å². The van der Waals surface area contributed by atoms with Crippen molar-refractivity contribution in [2.45, 2.75) is 51.9 Å². The Bertz CT molecular complexity index is 359. The molecule has 0 spiro atoms. The molecule has 0 unspecified atom stereocenters. The number of ether oxygens (including phenoxy) is 3. The fourth-order valence-electron chi connectivity index (χ4n) is 4.22. The van der Waals surface area contributed by atoms with Crippen LogP contribution in [-0.4, -0.2) is 31.1 Å². The van der Waals surface area contributed by atoms with Gasteiger partial charge in [0.05, 0.1) is 18.6 Å². The quantitative estimate of drug-likeness (QED) is 0.708. The monoisotopic (exact) mass is 254 g/mol. The summed E-state index contributed by atoms with van der Waals surface area (Å²) in [6.45, 7) is 7.51. The molecular weight excluding hydrogens is 232 g/mol. The number of cyclic esters (lactones) is 1. The Labute approximate surface area is 108 Å². The van der Waals surface area contributed by atoms with Gasteiger partial charge in [-0.3, -0.25) is 4.79 Å². The fourth-order valence-corrected chi connectivity index (χ4v) is 4.22. The van der Waals surface area contributed by atoms with E-state index in [4.69, 9.17) is 14.2 Å². The Balaban J connectivity index is 1.91. The van der Waals surface area contributed by atoms with Gasteiger partial charge in [-0.15, -0.1) is 0 Å². The van der Waals surface area contributed by atoms with Gasteiger partial charge in [-0.2, -0.15) is 0 Å². The summed E-state index contributed by atoms with van der Waals surface area (Å²) >= 11 is 0. The molecule has 2 aliphatic heterocycles. The number of esters is 1. The molecule has 2 saturated heterocycles. The van der Waals surface area contributed by atoms with Gasteiger partial charge in [0.2, 0.25) is 0 Å². The molecule has 1 aliphatic carbocycles. The predicted molar refractivity (Wildman–Crippen MR) is 64.8 cm³/mol. The second kappa shape index (κ2) is 3.94. The zero-order chi connectivity index (χ0) is 13.0. The van der Waals surface area contributed by atoms with Gasteiger partial charge < -0.3 is 14.2 Å². The first kappa shape index (κ1) is 12.4. The van der Waals surface area contributed by atoms with Crippen LogP contribution in [0.15, 0.2) is 0 Å². The van der Waals surface area contributed by atoms with Gasteiger partial charge in [-0.1, -0.05) is 6.92 Å². The van der Waals surface area contributed by atoms with Crippen LogP contribution >= 0.6 is 0 Å². The molecular formula is C14H22O4. The highest BCUT2D eigenvalue weighted by atomic mass is 16.7. The lowest BCUT2D eigenvalue weighted by Crippen LogP contribution is -2.40. The second-order valence-electron chi connectivity index (χ2n) is 6.44. The summed E-state index contributed by atoms with van der Waals surface area (Å²) in [4.78, 5) is 12.5. The van der Waals surface area contributed by atoms with Crippen molar-refractivity contribution >= 4 is 5.97 Å². The van der Waals surface area contributed by atoms with Crippen LogP contribution in [0.2, 0.25) is 0 Å². The summed E-state index contributed by atoms with van der Waals surface area (Å²) in [7, 11) is 0. The molecule has 0 amide bonds. The van der Waals surface area contributed by atoms with Crippen molar-refractivity contribution < 1.29 is 19.0 Å². The third kappa shape index (κ3) is 1.55. The van der Waals surface area contributed by atoms with Crippen molar-refractivity contribution in [3.63, 3.8) is 0 Å². The molecule has 4 heteroatoms. The topological polar surface area (TPSA) is 44.8 Å². The molecule has 102 valence electrons. The van der Waals surface area contributed by atoms with Crippen LogP contribution in [0, 0.1) is 17.3 Å². The van der Waals surface area contributed by atoms with E-state index in [-0.39, 0.29) is 17.9 Å². The summed E-state index contributed by atoms with van der Waals surface area (Å²) in [5, 5.41) is 0. The van der Waals surface area contributed by atoms with E-state index < -0.39 is 5.41 Å². The third-order valence-electron chi connectivity index (χ3n) is 5.16. The zero-order valence-electron chi connectivity index (χ0n) is 11.4. The molecule has 3 fully saturated rings. The Hall–Kier alpha value is -0.610. The first-order chi connectivity index (χ1) is 8.47. The van der Waals surface area contributed by atoms with Crippen molar-refractivity contribution in [3.8, 4) is 0 Å². The standard InChI is InChI=1S/C14H22O4/c1-9-4-5-10-13(2,3)18-12(15)14(9,10)8-11-16-6-7-17-11/h9-11H,4-8H2,1-3H3/t9-,10-,14-/m1/s1. The van der Waals surface area contributed by atoms with Gasteiger partial charge in [-0.05, 0) is 32.6 Å². The number of hydrogen-bond acceptors (Lipinski definition) is 4. The van der Waals surface area contributed by atoms with Crippen LogP contribution in [0.1, 0.15) is 40.0 Å². The first-order valence-electron chi connectivity index (χ1n) is 6.93. The Morgan fingerprint density at radius 2 is 1.89 bits per heavy atom. The van der Waals surface area contributed by atoms with Crippen molar-refractivity contribution in [2.24, 2.45) is 17.3 Å². The minimum Gasteiger partial charge on any atom is -0.459 e. The van der Waals surface area contributed by atoms with Crippen molar-refractivity contribution in [3.05, 3.63) is 0 Å². The highest BCUT2D eigenvalue weighted by Gasteiger charge is 2.66. The SMILES string of the molecule is C[C@@H]1CC[C@@H]2C(C)(C)OC(=O)[C@]12CC1OCCO1. The van der Waals surface area contributed by atoms with E-state index in [0.29, 0.717) is 31.5 Å². The van der Waals surface area contributed by atoms with Crippen LogP contribution in [-0.2, 0) is 19.0 Å². The number of rotatable bonds is 2. The van der Waals surface area contributed by atoms with Crippen molar-refractivity contribution in [1.29, 1.82) is 0 Å². The minimum absolute atomic E-state index is 0.0402. The summed E-state index contributed by atoms with van der Waals surface area (Å²) in [5.41, 5.74) is -0.737. The van der Waals surface area contributed by atoms with Crippen LogP contribution in [0.5, 0.6) is 0 Å². The zero-order valence-corrected chi connectivity index (χ0v) is 11.4. The highest BCUT2D eigenvalue weighted by molar-refractivity contribution is 5.81. The summed E-state index contributed by atoms with van der Waals surface area (Å²) < 4.78 is 16.8. The molecule has 0 aromatic carbocycles. The molecule has 2 heterocycles. The van der Waals surface area contributed by atoms with Gasteiger partial charge in [0.15, 0.2) is 6.29 Å². The highest BCUT2D eigenvalue weighted by Crippen LogP contribution is 2.61. The molecule has 0 aromatic rings. The van der Waals surface area contributed by atoms with Crippen LogP contribution in [0.25, 0.3) is 0 Å². The molecule has 3 atom stereocenters. The fraction of sp³-hybridized carbons (Fsp3) is 0.929. The summed E-state index contributed by atoms with van der Waals surface area (Å²) in [6, 6.07) is 0. The molecule has 0 aromatic heterocycles. The molecule has 18 heavy (non-hydrogen) atoms. The number of carbonyl (C=O) groups is 1. The number of fused-ring (bicyclic) bond motifs is 1. The second-order valence-corrected chi connectivity index (χ2v) is 6.44. The van der Waals surface area contributed by atoms with Gasteiger partial charge in [0.1, 0.15) is 5.60 Å². The largest absolute Gasteiger partial charge is 0.459 e. The molecule has 3 aliphatic rings. The lowest BCUT2D eigenvalue weighted by atomic mass is 9.67. The van der Waals surface area contributed by atoms with Crippen molar-refractivity contribution in [1.82, 2.24) is 0 Å². The molecule has 4 nitrogen and oxygen atoms in total. The van der Waals surface area contributed by atoms with E-state index in [1.165, 1.54) is 0 Å². The van der Waals surface area contributed by atoms with E-state index in [0.717, 1.165) is 12.8 Å². The molecule has 0 radical (unpaired) electrons. The van der Waals surface area contributed by atoms with Crippen LogP contribution in [0.3, 0.4) is 0 Å². The van der Waals surface area contributed by atoms with Gasteiger partial charge in [0.25, 0.3) is 0 Å². The average molecular weight is 254 g/mol. The molecule has 1 saturated carbocycles. The van der Waals surface area contributed by atoms with E-state index >= 15 is 0 Å². The van der Waals surface area contributed by atoms with Crippen molar-refractivity contribution in [2.75, 3.05) is 13.2 Å². The number of carbonyl (C=O) groups excluding carboxylic acids is 1. The summed E-state index contributed by atoms with van der Waals surface area (Å²) in [5.74, 6) is 0.603. The average Bonchev–Trinajstić information content (AvgIpc) is 2.92. The first-order valence-corrected chi connectivity index (χ1v) is 6.93. The lowest BCUT2D eigenvalue weighted by molar-refractivity contribution is -0.159. The third-order valence-corrected chi connectivity index (χ3v) is 5.16. The maximum atomic E-state index is 12.5. The minimum atomic E-state index is -0.390. The number of hydrogen-bond donors (Lipinski definition) is 0. The van der Waals surface area contributed by atoms with Gasteiger partial charge in [0, 0.05) is 12.3 Å². The molecule has 0 N–H and O–H groups in total. The molecule has 0 bridgehead atoms.